The smallest absolute Gasteiger partial charge is 0.314 e. The van der Waals surface area contributed by atoms with Crippen molar-refractivity contribution in [3.8, 4) is 45.8 Å². The molecule has 0 aliphatic rings. The molecule has 38 heavy (non-hydrogen) atoms. The monoisotopic (exact) mass is 528 g/mol. The lowest BCUT2D eigenvalue weighted by Crippen LogP contribution is -2.19. The number of methoxy groups -OCH3 is 3. The van der Waals surface area contributed by atoms with Crippen LogP contribution in [0.5, 0.6) is 34.5 Å². The highest BCUT2D eigenvalue weighted by Gasteiger charge is 2.33. The fourth-order valence-electron chi connectivity index (χ4n) is 3.60. The van der Waals surface area contributed by atoms with Crippen LogP contribution in [0, 0.1) is 5.92 Å². The number of esters is 3. The van der Waals surface area contributed by atoms with Gasteiger partial charge in [0, 0.05) is 19.4 Å². The SMILES string of the molecule is CC[C@@H](C)C(=O)Oc1c(OC)c(OC)c(OC(C)=O)c2c(=O)c(OC)c(-c3ccc(OC(C)=O)cc3)oc12. The highest BCUT2D eigenvalue weighted by molar-refractivity contribution is 5.99. The minimum atomic E-state index is -0.750. The Hall–Kier alpha value is -4.54. The largest absolute Gasteiger partial charge is 0.490 e. The predicted octanol–water partition coefficient (Wildman–Crippen LogP) is 4.29. The van der Waals surface area contributed by atoms with Crippen LogP contribution in [0.25, 0.3) is 22.3 Å². The fraction of sp³-hybridized carbons (Fsp3) is 0.333. The van der Waals surface area contributed by atoms with Crippen molar-refractivity contribution < 1.29 is 47.2 Å². The summed E-state index contributed by atoms with van der Waals surface area (Å²) in [5.41, 5.74) is -0.592. The quantitative estimate of drug-likeness (QED) is 0.290. The van der Waals surface area contributed by atoms with E-state index >= 15 is 0 Å². The minimum absolute atomic E-state index is 0.0267. The first-order valence-corrected chi connectivity index (χ1v) is 11.6. The predicted molar refractivity (Wildman–Crippen MR) is 135 cm³/mol. The minimum Gasteiger partial charge on any atom is -0.490 e. The van der Waals surface area contributed by atoms with E-state index in [4.69, 9.17) is 32.8 Å². The maximum Gasteiger partial charge on any atom is 0.314 e. The second-order valence-corrected chi connectivity index (χ2v) is 8.16. The molecule has 1 atom stereocenters. The van der Waals surface area contributed by atoms with E-state index in [1.807, 2.05) is 6.92 Å². The van der Waals surface area contributed by atoms with Gasteiger partial charge >= 0.3 is 17.9 Å². The van der Waals surface area contributed by atoms with Crippen LogP contribution >= 0.6 is 0 Å². The van der Waals surface area contributed by atoms with Gasteiger partial charge < -0.3 is 32.8 Å². The highest BCUT2D eigenvalue weighted by Crippen LogP contribution is 2.52. The van der Waals surface area contributed by atoms with E-state index in [0.29, 0.717) is 12.0 Å². The summed E-state index contributed by atoms with van der Waals surface area (Å²) in [7, 11) is 3.83. The van der Waals surface area contributed by atoms with Crippen molar-refractivity contribution in [1.82, 2.24) is 0 Å². The summed E-state index contributed by atoms with van der Waals surface area (Å²) in [4.78, 5) is 49.8. The van der Waals surface area contributed by atoms with Crippen LogP contribution < -0.4 is 33.8 Å². The number of rotatable bonds is 9. The molecule has 0 aliphatic carbocycles. The number of fused-ring (bicyclic) bond motifs is 1. The van der Waals surface area contributed by atoms with Crippen LogP contribution in [-0.4, -0.2) is 39.2 Å². The van der Waals surface area contributed by atoms with Gasteiger partial charge in [0.2, 0.25) is 28.4 Å². The van der Waals surface area contributed by atoms with Crippen LogP contribution in [0.1, 0.15) is 34.1 Å². The van der Waals surface area contributed by atoms with Crippen LogP contribution in [0.2, 0.25) is 0 Å². The maximum atomic E-state index is 13.8. The van der Waals surface area contributed by atoms with Gasteiger partial charge in [-0.3, -0.25) is 19.2 Å². The average Bonchev–Trinajstić information content (AvgIpc) is 2.88. The van der Waals surface area contributed by atoms with E-state index in [1.54, 1.807) is 19.1 Å². The molecule has 0 unspecified atom stereocenters. The van der Waals surface area contributed by atoms with Crippen molar-refractivity contribution in [2.24, 2.45) is 5.92 Å². The summed E-state index contributed by atoms with van der Waals surface area (Å²) >= 11 is 0. The third-order valence-electron chi connectivity index (χ3n) is 5.58. The Balaban J connectivity index is 2.46. The summed E-state index contributed by atoms with van der Waals surface area (Å²) in [5, 5.41) is -0.262. The van der Waals surface area contributed by atoms with Gasteiger partial charge in [-0.15, -0.1) is 0 Å². The zero-order chi connectivity index (χ0) is 28.1. The zero-order valence-electron chi connectivity index (χ0n) is 22.1. The van der Waals surface area contributed by atoms with E-state index < -0.39 is 29.3 Å². The number of hydrogen-bond acceptors (Lipinski definition) is 11. The van der Waals surface area contributed by atoms with Gasteiger partial charge in [-0.1, -0.05) is 13.8 Å². The van der Waals surface area contributed by atoms with Gasteiger partial charge in [-0.05, 0) is 30.7 Å². The summed E-state index contributed by atoms with van der Waals surface area (Å²) in [5.74, 6) is -3.15. The summed E-state index contributed by atoms with van der Waals surface area (Å²) in [6, 6.07) is 6.10. The second-order valence-electron chi connectivity index (χ2n) is 8.16. The van der Waals surface area contributed by atoms with E-state index in [-0.39, 0.29) is 51.2 Å². The van der Waals surface area contributed by atoms with E-state index in [0.717, 1.165) is 6.92 Å². The van der Waals surface area contributed by atoms with Crippen molar-refractivity contribution in [2.75, 3.05) is 21.3 Å². The zero-order valence-corrected chi connectivity index (χ0v) is 22.1. The van der Waals surface area contributed by atoms with Crippen LogP contribution in [0.3, 0.4) is 0 Å². The number of hydrogen-bond donors (Lipinski definition) is 0. The van der Waals surface area contributed by atoms with Crippen molar-refractivity contribution in [2.45, 2.75) is 34.1 Å². The molecule has 1 aromatic heterocycles. The molecule has 0 bridgehead atoms. The molecule has 3 aromatic rings. The van der Waals surface area contributed by atoms with Crippen LogP contribution in [-0.2, 0) is 14.4 Å². The van der Waals surface area contributed by atoms with E-state index in [9.17, 15) is 19.2 Å². The molecule has 0 spiro atoms. The van der Waals surface area contributed by atoms with Crippen molar-refractivity contribution in [3.63, 3.8) is 0 Å². The second kappa shape index (κ2) is 11.7. The number of benzene rings is 2. The van der Waals surface area contributed by atoms with Crippen LogP contribution in [0.15, 0.2) is 33.5 Å². The Morgan fingerprint density at radius 1 is 0.789 bits per heavy atom. The molecule has 0 radical (unpaired) electrons. The molecular formula is C27H28O11. The standard InChI is InChI=1S/C27H28O11/c1-8-13(2)27(31)38-26-22-18(21(36-15(4)29)24(33-6)25(26)34-7)19(30)23(32-5)20(37-22)16-9-11-17(12-10-16)35-14(3)28/h9-13H,8H2,1-7H3/t13-/m1/s1. The molecule has 202 valence electrons. The molecule has 0 amide bonds. The van der Waals surface area contributed by atoms with Gasteiger partial charge in [-0.2, -0.15) is 0 Å². The summed E-state index contributed by atoms with van der Waals surface area (Å²) in [6.07, 6.45) is 0.486. The molecule has 0 N–H and O–H groups in total. The third-order valence-corrected chi connectivity index (χ3v) is 5.58. The van der Waals surface area contributed by atoms with Gasteiger partial charge in [0.15, 0.2) is 17.1 Å². The molecule has 0 saturated carbocycles. The topological polar surface area (TPSA) is 137 Å². The van der Waals surface area contributed by atoms with Gasteiger partial charge in [0.25, 0.3) is 0 Å². The Morgan fingerprint density at radius 2 is 1.34 bits per heavy atom. The fourth-order valence-corrected chi connectivity index (χ4v) is 3.60. The molecule has 3 rings (SSSR count). The first-order valence-electron chi connectivity index (χ1n) is 11.6. The number of carbonyl (C=O) groups is 3. The number of carbonyl (C=O) groups excluding carboxylic acids is 3. The summed E-state index contributed by atoms with van der Waals surface area (Å²) in [6.45, 7) is 5.90. The molecule has 11 heteroatoms. The average molecular weight is 529 g/mol. The van der Waals surface area contributed by atoms with E-state index in [2.05, 4.69) is 0 Å². The van der Waals surface area contributed by atoms with Gasteiger partial charge in [-0.25, -0.2) is 0 Å². The third kappa shape index (κ3) is 5.41. The Kier molecular flexibility index (Phi) is 8.61. The van der Waals surface area contributed by atoms with Crippen molar-refractivity contribution in [1.29, 1.82) is 0 Å². The Bertz CT molecular complexity index is 1430. The lowest BCUT2D eigenvalue weighted by atomic mass is 10.1. The first kappa shape index (κ1) is 28.0. The molecule has 11 nitrogen and oxygen atoms in total. The lowest BCUT2D eigenvalue weighted by Gasteiger charge is -2.20. The Labute approximate surface area is 218 Å². The normalized spacial score (nSPS) is 11.4. The van der Waals surface area contributed by atoms with Gasteiger partial charge in [0.05, 0.1) is 27.2 Å². The number of ether oxygens (including phenoxy) is 6. The van der Waals surface area contributed by atoms with Crippen molar-refractivity contribution >= 4 is 28.9 Å². The van der Waals surface area contributed by atoms with Crippen molar-refractivity contribution in [3.05, 3.63) is 34.5 Å². The Morgan fingerprint density at radius 3 is 1.84 bits per heavy atom. The molecule has 1 heterocycles. The molecule has 0 aliphatic heterocycles. The molecule has 0 fully saturated rings. The maximum absolute atomic E-state index is 13.8. The molecule has 0 saturated heterocycles. The first-order chi connectivity index (χ1) is 18.1. The highest BCUT2D eigenvalue weighted by atomic mass is 16.6. The lowest BCUT2D eigenvalue weighted by molar-refractivity contribution is -0.138. The van der Waals surface area contributed by atoms with Gasteiger partial charge in [0.1, 0.15) is 11.1 Å². The van der Waals surface area contributed by atoms with E-state index in [1.165, 1.54) is 40.4 Å². The summed E-state index contributed by atoms with van der Waals surface area (Å²) < 4.78 is 38.5. The molecular weight excluding hydrogens is 500 g/mol. The molecule has 2 aromatic carbocycles. The van der Waals surface area contributed by atoms with Crippen LogP contribution in [0.4, 0.5) is 0 Å².